The van der Waals surface area contributed by atoms with Gasteiger partial charge in [-0.3, -0.25) is 14.5 Å². The predicted octanol–water partition coefficient (Wildman–Crippen LogP) is 4.86. The zero-order chi connectivity index (χ0) is 23.4. The number of fused-ring (bicyclic) bond motifs is 1. The van der Waals surface area contributed by atoms with Gasteiger partial charge in [0.15, 0.2) is 0 Å². The molecular formula is C27H28N2O4. The molecule has 3 aromatic rings. The Kier molecular flexibility index (Phi) is 6.75. The Hall–Kier alpha value is -3.64. The van der Waals surface area contributed by atoms with Crippen LogP contribution in [0.25, 0.3) is 16.3 Å². The van der Waals surface area contributed by atoms with Crippen LogP contribution in [0.2, 0.25) is 0 Å². The van der Waals surface area contributed by atoms with Crippen molar-refractivity contribution in [2.24, 2.45) is 0 Å². The second-order valence-corrected chi connectivity index (χ2v) is 8.04. The number of carbonyl (C=O) groups is 2. The lowest BCUT2D eigenvalue weighted by molar-refractivity contribution is -0.137. The molecule has 0 radical (unpaired) electrons. The van der Waals surface area contributed by atoms with Gasteiger partial charge in [-0.15, -0.1) is 0 Å². The molecule has 0 fully saturated rings. The van der Waals surface area contributed by atoms with Gasteiger partial charge in [0, 0.05) is 11.1 Å². The lowest BCUT2D eigenvalue weighted by Gasteiger charge is -2.16. The number of anilines is 1. The summed E-state index contributed by atoms with van der Waals surface area (Å²) in [6.07, 6.45) is 0.0182. The van der Waals surface area contributed by atoms with Crippen LogP contribution in [-0.4, -0.2) is 42.6 Å². The standard InChI is InChI=1S/C27H28N2O4/c1-4-32-21-14-12-20(13-15-21)24-25(27(31)29(26(24)30)16-17-33-18(2)3)28-23-11-7-9-19-8-5-6-10-22(19)23/h5-15,18,28H,4,16-17H2,1-3H3. The highest BCUT2D eigenvalue weighted by molar-refractivity contribution is 6.36. The molecule has 0 aromatic heterocycles. The number of benzene rings is 3. The summed E-state index contributed by atoms with van der Waals surface area (Å²) in [7, 11) is 0. The van der Waals surface area contributed by atoms with E-state index in [4.69, 9.17) is 9.47 Å². The van der Waals surface area contributed by atoms with Crippen molar-refractivity contribution in [3.63, 3.8) is 0 Å². The van der Waals surface area contributed by atoms with E-state index in [2.05, 4.69) is 5.32 Å². The highest BCUT2D eigenvalue weighted by atomic mass is 16.5. The molecule has 33 heavy (non-hydrogen) atoms. The van der Waals surface area contributed by atoms with Crippen molar-refractivity contribution in [1.82, 2.24) is 4.90 Å². The zero-order valence-electron chi connectivity index (χ0n) is 19.1. The van der Waals surface area contributed by atoms with Gasteiger partial charge in [0.25, 0.3) is 11.8 Å². The predicted molar refractivity (Wildman–Crippen MR) is 130 cm³/mol. The Morgan fingerprint density at radius 1 is 0.909 bits per heavy atom. The minimum atomic E-state index is -0.357. The molecule has 2 amide bonds. The third-order valence-corrected chi connectivity index (χ3v) is 5.44. The fourth-order valence-corrected chi connectivity index (χ4v) is 3.90. The van der Waals surface area contributed by atoms with E-state index in [-0.39, 0.29) is 36.8 Å². The molecule has 6 nitrogen and oxygen atoms in total. The van der Waals surface area contributed by atoms with Crippen molar-refractivity contribution >= 4 is 33.8 Å². The van der Waals surface area contributed by atoms with Crippen molar-refractivity contribution in [3.8, 4) is 5.75 Å². The van der Waals surface area contributed by atoms with E-state index >= 15 is 0 Å². The molecule has 4 rings (SSSR count). The fourth-order valence-electron chi connectivity index (χ4n) is 3.90. The van der Waals surface area contributed by atoms with Crippen LogP contribution in [0.4, 0.5) is 5.69 Å². The maximum atomic E-state index is 13.4. The first-order chi connectivity index (χ1) is 16.0. The number of nitrogens with zero attached hydrogens (tertiary/aromatic N) is 1. The van der Waals surface area contributed by atoms with Gasteiger partial charge < -0.3 is 14.8 Å². The van der Waals surface area contributed by atoms with Crippen LogP contribution in [-0.2, 0) is 14.3 Å². The Labute approximate surface area is 193 Å². The van der Waals surface area contributed by atoms with Gasteiger partial charge in [0.1, 0.15) is 11.4 Å². The van der Waals surface area contributed by atoms with E-state index in [0.29, 0.717) is 23.5 Å². The van der Waals surface area contributed by atoms with Gasteiger partial charge in [0.05, 0.1) is 31.4 Å². The van der Waals surface area contributed by atoms with Crippen molar-refractivity contribution in [2.45, 2.75) is 26.9 Å². The third kappa shape index (κ3) is 4.76. The van der Waals surface area contributed by atoms with E-state index < -0.39 is 0 Å². The third-order valence-electron chi connectivity index (χ3n) is 5.44. The number of imide groups is 1. The van der Waals surface area contributed by atoms with Crippen molar-refractivity contribution in [1.29, 1.82) is 0 Å². The van der Waals surface area contributed by atoms with Crippen molar-refractivity contribution in [2.75, 3.05) is 25.1 Å². The molecule has 170 valence electrons. The quantitative estimate of drug-likeness (QED) is 0.478. The first-order valence-electron chi connectivity index (χ1n) is 11.2. The normalized spacial score (nSPS) is 14.0. The number of nitrogens with one attached hydrogen (secondary N) is 1. The Balaban J connectivity index is 1.73. The van der Waals surface area contributed by atoms with Crippen LogP contribution in [0.15, 0.2) is 72.4 Å². The van der Waals surface area contributed by atoms with Gasteiger partial charge in [-0.1, -0.05) is 48.5 Å². The number of hydrogen-bond donors (Lipinski definition) is 1. The molecule has 0 saturated carbocycles. The van der Waals surface area contributed by atoms with Gasteiger partial charge in [-0.25, -0.2) is 0 Å². The van der Waals surface area contributed by atoms with E-state index in [0.717, 1.165) is 16.5 Å². The fraction of sp³-hybridized carbons (Fsp3) is 0.259. The Morgan fingerprint density at radius 3 is 2.36 bits per heavy atom. The molecular weight excluding hydrogens is 416 g/mol. The van der Waals surface area contributed by atoms with E-state index in [1.165, 1.54) is 4.90 Å². The minimum Gasteiger partial charge on any atom is -0.494 e. The Morgan fingerprint density at radius 2 is 1.64 bits per heavy atom. The average Bonchev–Trinajstić information content (AvgIpc) is 3.04. The second kappa shape index (κ2) is 9.88. The van der Waals surface area contributed by atoms with Gasteiger partial charge >= 0.3 is 0 Å². The van der Waals surface area contributed by atoms with E-state index in [1.54, 1.807) is 0 Å². The maximum Gasteiger partial charge on any atom is 0.278 e. The summed E-state index contributed by atoms with van der Waals surface area (Å²) in [5.41, 5.74) is 2.05. The van der Waals surface area contributed by atoms with E-state index in [9.17, 15) is 9.59 Å². The van der Waals surface area contributed by atoms with Crippen LogP contribution >= 0.6 is 0 Å². The molecule has 3 aromatic carbocycles. The summed E-state index contributed by atoms with van der Waals surface area (Å²) in [5.74, 6) is 0.0211. The summed E-state index contributed by atoms with van der Waals surface area (Å²) in [6.45, 7) is 6.79. The smallest absolute Gasteiger partial charge is 0.278 e. The van der Waals surface area contributed by atoms with Crippen LogP contribution in [0.3, 0.4) is 0 Å². The van der Waals surface area contributed by atoms with Gasteiger partial charge in [-0.05, 0) is 49.9 Å². The first kappa shape index (κ1) is 22.6. The van der Waals surface area contributed by atoms with Crippen LogP contribution in [0, 0.1) is 0 Å². The maximum absolute atomic E-state index is 13.4. The summed E-state index contributed by atoms with van der Waals surface area (Å²) >= 11 is 0. The molecule has 6 heteroatoms. The highest BCUT2D eigenvalue weighted by Gasteiger charge is 2.39. The summed E-state index contributed by atoms with van der Waals surface area (Å²) in [5, 5.41) is 5.30. The largest absolute Gasteiger partial charge is 0.494 e. The molecule has 0 aliphatic carbocycles. The number of carbonyl (C=O) groups excluding carboxylic acids is 2. The second-order valence-electron chi connectivity index (χ2n) is 8.04. The molecule has 0 atom stereocenters. The first-order valence-corrected chi connectivity index (χ1v) is 11.2. The van der Waals surface area contributed by atoms with Crippen molar-refractivity contribution in [3.05, 3.63) is 78.0 Å². The van der Waals surface area contributed by atoms with Crippen LogP contribution in [0.1, 0.15) is 26.3 Å². The van der Waals surface area contributed by atoms with Gasteiger partial charge in [-0.2, -0.15) is 0 Å². The van der Waals surface area contributed by atoms with E-state index in [1.807, 2.05) is 87.5 Å². The molecule has 0 unspecified atom stereocenters. The molecule has 0 bridgehead atoms. The summed E-state index contributed by atoms with van der Waals surface area (Å²) in [6, 6.07) is 21.0. The molecule has 0 saturated heterocycles. The summed E-state index contributed by atoms with van der Waals surface area (Å²) < 4.78 is 11.1. The van der Waals surface area contributed by atoms with Crippen molar-refractivity contribution < 1.29 is 19.1 Å². The Bertz CT molecular complexity index is 1190. The lowest BCUT2D eigenvalue weighted by atomic mass is 10.0. The molecule has 1 aliphatic heterocycles. The SMILES string of the molecule is CCOc1ccc(C2=C(Nc3cccc4ccccc34)C(=O)N(CCOC(C)C)C2=O)cc1. The lowest BCUT2D eigenvalue weighted by Crippen LogP contribution is -2.35. The van der Waals surface area contributed by atoms with Crippen LogP contribution in [0.5, 0.6) is 5.75 Å². The molecule has 1 heterocycles. The van der Waals surface area contributed by atoms with Gasteiger partial charge in [0.2, 0.25) is 0 Å². The molecule has 0 spiro atoms. The minimum absolute atomic E-state index is 0.0182. The number of amides is 2. The number of ether oxygens (including phenoxy) is 2. The summed E-state index contributed by atoms with van der Waals surface area (Å²) in [4.78, 5) is 28.0. The molecule has 1 aliphatic rings. The molecule has 1 N–H and O–H groups in total. The number of hydrogen-bond acceptors (Lipinski definition) is 5. The number of rotatable bonds is 9. The highest BCUT2D eigenvalue weighted by Crippen LogP contribution is 2.33. The average molecular weight is 445 g/mol. The topological polar surface area (TPSA) is 67.9 Å². The monoisotopic (exact) mass is 444 g/mol. The zero-order valence-corrected chi connectivity index (χ0v) is 19.1. The van der Waals surface area contributed by atoms with Crippen LogP contribution < -0.4 is 10.1 Å².